The molecule has 3 fully saturated rings. The highest BCUT2D eigenvalue weighted by Crippen LogP contribution is 2.41. The molecule has 140 valence electrons. The number of piperidine rings is 1. The Morgan fingerprint density at radius 2 is 1.81 bits per heavy atom. The Labute approximate surface area is 160 Å². The number of carbonyl (C=O) groups is 2. The van der Waals surface area contributed by atoms with Crippen molar-refractivity contribution < 1.29 is 9.59 Å². The molecule has 2 atom stereocenters. The van der Waals surface area contributed by atoms with Crippen LogP contribution in [0.25, 0.3) is 0 Å². The first kappa shape index (κ1) is 17.8. The van der Waals surface area contributed by atoms with Gasteiger partial charge in [-0.25, -0.2) is 0 Å². The number of nitrogens with zero attached hydrogens (tertiary/aromatic N) is 2. The summed E-state index contributed by atoms with van der Waals surface area (Å²) in [7, 11) is 0. The summed E-state index contributed by atoms with van der Waals surface area (Å²) in [5.41, 5.74) is 0.646. The van der Waals surface area contributed by atoms with E-state index in [0.717, 1.165) is 32.2 Å². The summed E-state index contributed by atoms with van der Waals surface area (Å²) in [5.74, 6) is 0.921. The lowest BCUT2D eigenvalue weighted by Gasteiger charge is -2.37. The number of likely N-dealkylation sites (tertiary alicyclic amines) is 1. The van der Waals surface area contributed by atoms with Crippen LogP contribution in [0.2, 0.25) is 5.02 Å². The minimum Gasteiger partial charge on any atom is -0.338 e. The van der Waals surface area contributed by atoms with Crippen LogP contribution in [0.1, 0.15) is 55.8 Å². The molecular weight excluding hydrogens is 348 g/mol. The molecule has 1 aliphatic heterocycles. The number of halogens is 1. The Hall–Kier alpha value is -1.55. The fourth-order valence-electron chi connectivity index (χ4n) is 4.22. The van der Waals surface area contributed by atoms with Crippen LogP contribution in [-0.2, 0) is 4.79 Å². The highest BCUT2D eigenvalue weighted by atomic mass is 35.5. The SMILES string of the molecule is CC(C1CC1)N(C(=O)C1CCCN(C(=O)c2ccc(Cl)cc2)C1)C1CC1. The molecule has 3 aliphatic rings. The highest BCUT2D eigenvalue weighted by Gasteiger charge is 2.44. The average molecular weight is 375 g/mol. The van der Waals surface area contributed by atoms with Gasteiger partial charge < -0.3 is 9.80 Å². The molecule has 1 aromatic carbocycles. The summed E-state index contributed by atoms with van der Waals surface area (Å²) >= 11 is 5.92. The monoisotopic (exact) mass is 374 g/mol. The second-order valence-corrected chi connectivity index (χ2v) is 8.59. The molecule has 1 aromatic rings. The number of rotatable bonds is 5. The van der Waals surface area contributed by atoms with Crippen molar-refractivity contribution in [1.29, 1.82) is 0 Å². The molecule has 26 heavy (non-hydrogen) atoms. The Morgan fingerprint density at radius 3 is 2.42 bits per heavy atom. The van der Waals surface area contributed by atoms with E-state index in [9.17, 15) is 9.59 Å². The lowest BCUT2D eigenvalue weighted by atomic mass is 9.94. The van der Waals surface area contributed by atoms with Gasteiger partial charge >= 0.3 is 0 Å². The average Bonchev–Trinajstić information content (AvgIpc) is 3.55. The van der Waals surface area contributed by atoms with Gasteiger partial charge in [0.1, 0.15) is 0 Å². The van der Waals surface area contributed by atoms with Crippen LogP contribution >= 0.6 is 11.6 Å². The molecule has 0 spiro atoms. The third-order valence-corrected chi connectivity index (χ3v) is 6.34. The minimum atomic E-state index is -0.0539. The maximum atomic E-state index is 13.3. The summed E-state index contributed by atoms with van der Waals surface area (Å²) in [6, 6.07) is 7.82. The molecule has 2 amide bonds. The number of hydrogen-bond acceptors (Lipinski definition) is 2. The van der Waals surface area contributed by atoms with E-state index in [1.165, 1.54) is 12.8 Å². The molecule has 5 heteroatoms. The molecule has 0 radical (unpaired) electrons. The summed E-state index contributed by atoms with van der Waals surface area (Å²) in [6.45, 7) is 3.49. The van der Waals surface area contributed by atoms with Crippen molar-refractivity contribution in [1.82, 2.24) is 9.80 Å². The Balaban J connectivity index is 1.44. The van der Waals surface area contributed by atoms with Gasteiger partial charge in [-0.3, -0.25) is 9.59 Å². The second-order valence-electron chi connectivity index (χ2n) is 8.15. The van der Waals surface area contributed by atoms with Gasteiger partial charge in [-0.15, -0.1) is 0 Å². The highest BCUT2D eigenvalue weighted by molar-refractivity contribution is 6.30. The van der Waals surface area contributed by atoms with E-state index in [-0.39, 0.29) is 17.7 Å². The molecule has 2 unspecified atom stereocenters. The largest absolute Gasteiger partial charge is 0.338 e. The first-order valence-electron chi connectivity index (χ1n) is 9.91. The van der Waals surface area contributed by atoms with Crippen molar-refractivity contribution in [3.63, 3.8) is 0 Å². The molecular formula is C21H27ClN2O2. The van der Waals surface area contributed by atoms with Crippen LogP contribution in [0.15, 0.2) is 24.3 Å². The zero-order valence-corrected chi connectivity index (χ0v) is 16.1. The second kappa shape index (κ2) is 7.22. The van der Waals surface area contributed by atoms with Gasteiger partial charge in [0, 0.05) is 35.8 Å². The van der Waals surface area contributed by atoms with Crippen molar-refractivity contribution in [2.24, 2.45) is 11.8 Å². The number of carbonyl (C=O) groups excluding carboxylic acids is 2. The summed E-state index contributed by atoms with van der Waals surface area (Å²) in [4.78, 5) is 30.1. The normalized spacial score (nSPS) is 24.2. The standard InChI is InChI=1S/C21H27ClN2O2/c1-14(15-4-5-15)24(19-10-11-19)21(26)17-3-2-12-23(13-17)20(25)16-6-8-18(22)9-7-16/h6-9,14-15,17,19H,2-5,10-13H2,1H3. The zero-order chi connectivity index (χ0) is 18.3. The summed E-state index contributed by atoms with van der Waals surface area (Å²) in [6.07, 6.45) is 6.58. The Morgan fingerprint density at radius 1 is 1.12 bits per heavy atom. The van der Waals surface area contributed by atoms with Crippen LogP contribution in [0, 0.1) is 11.8 Å². The molecule has 2 aliphatic carbocycles. The first-order chi connectivity index (χ1) is 12.5. The van der Waals surface area contributed by atoms with Crippen molar-refractivity contribution in [3.05, 3.63) is 34.9 Å². The molecule has 0 bridgehead atoms. The Kier molecular flexibility index (Phi) is 4.96. The first-order valence-corrected chi connectivity index (χ1v) is 10.3. The Bertz CT molecular complexity index is 682. The molecule has 0 aromatic heterocycles. The van der Waals surface area contributed by atoms with Crippen molar-refractivity contribution in [2.45, 2.75) is 57.5 Å². The molecule has 1 heterocycles. The van der Waals surface area contributed by atoms with E-state index in [0.29, 0.717) is 35.1 Å². The maximum absolute atomic E-state index is 13.3. The topological polar surface area (TPSA) is 40.6 Å². The minimum absolute atomic E-state index is 0.00683. The van der Waals surface area contributed by atoms with E-state index in [1.807, 2.05) is 4.90 Å². The smallest absolute Gasteiger partial charge is 0.253 e. The molecule has 4 nitrogen and oxygen atoms in total. The van der Waals surface area contributed by atoms with Crippen molar-refractivity contribution in [3.8, 4) is 0 Å². The molecule has 4 rings (SSSR count). The molecule has 1 saturated heterocycles. The van der Waals surface area contributed by atoms with Gasteiger partial charge in [0.25, 0.3) is 5.91 Å². The van der Waals surface area contributed by atoms with Crippen LogP contribution in [-0.4, -0.2) is 46.8 Å². The lowest BCUT2D eigenvalue weighted by Crippen LogP contribution is -2.50. The summed E-state index contributed by atoms with van der Waals surface area (Å²) in [5, 5.41) is 0.627. The maximum Gasteiger partial charge on any atom is 0.253 e. The van der Waals surface area contributed by atoms with E-state index in [4.69, 9.17) is 11.6 Å². The molecule has 0 N–H and O–H groups in total. The third kappa shape index (κ3) is 3.75. The lowest BCUT2D eigenvalue weighted by molar-refractivity contribution is -0.140. The zero-order valence-electron chi connectivity index (χ0n) is 15.4. The quantitative estimate of drug-likeness (QED) is 0.782. The van der Waals surface area contributed by atoms with Crippen LogP contribution in [0.3, 0.4) is 0 Å². The van der Waals surface area contributed by atoms with Gasteiger partial charge in [0.05, 0.1) is 5.92 Å². The predicted octanol–water partition coefficient (Wildman–Crippen LogP) is 3.98. The fraction of sp³-hybridized carbons (Fsp3) is 0.619. The van der Waals surface area contributed by atoms with Crippen LogP contribution in [0.5, 0.6) is 0 Å². The van der Waals surface area contributed by atoms with E-state index in [1.54, 1.807) is 24.3 Å². The van der Waals surface area contributed by atoms with E-state index in [2.05, 4.69) is 11.8 Å². The predicted molar refractivity (Wildman–Crippen MR) is 102 cm³/mol. The van der Waals surface area contributed by atoms with Gasteiger partial charge in [-0.1, -0.05) is 11.6 Å². The van der Waals surface area contributed by atoms with Crippen LogP contribution in [0.4, 0.5) is 0 Å². The van der Waals surface area contributed by atoms with Gasteiger partial charge in [-0.05, 0) is 75.6 Å². The van der Waals surface area contributed by atoms with Crippen molar-refractivity contribution in [2.75, 3.05) is 13.1 Å². The van der Waals surface area contributed by atoms with Crippen molar-refractivity contribution >= 4 is 23.4 Å². The fourth-order valence-corrected chi connectivity index (χ4v) is 4.35. The number of hydrogen-bond donors (Lipinski definition) is 0. The van der Waals surface area contributed by atoms with E-state index < -0.39 is 0 Å². The van der Waals surface area contributed by atoms with Crippen LogP contribution < -0.4 is 0 Å². The van der Waals surface area contributed by atoms with Gasteiger partial charge in [-0.2, -0.15) is 0 Å². The third-order valence-electron chi connectivity index (χ3n) is 6.09. The van der Waals surface area contributed by atoms with Gasteiger partial charge in [0.2, 0.25) is 5.91 Å². The molecule has 2 saturated carbocycles. The number of amides is 2. The summed E-state index contributed by atoms with van der Waals surface area (Å²) < 4.78 is 0. The van der Waals surface area contributed by atoms with E-state index >= 15 is 0 Å². The van der Waals surface area contributed by atoms with Gasteiger partial charge in [0.15, 0.2) is 0 Å². The number of benzene rings is 1.